The van der Waals surface area contributed by atoms with Crippen LogP contribution in [-0.4, -0.2) is 15.3 Å². The van der Waals surface area contributed by atoms with E-state index in [1.807, 2.05) is 0 Å². The van der Waals surface area contributed by atoms with Crippen molar-refractivity contribution in [2.75, 3.05) is 0 Å². The predicted octanol–water partition coefficient (Wildman–Crippen LogP) is 1.80. The molecule has 68 valence electrons. The summed E-state index contributed by atoms with van der Waals surface area (Å²) in [6.45, 7) is -0.219. The van der Waals surface area contributed by atoms with E-state index in [9.17, 15) is 10.2 Å². The largest absolute Gasteiger partial charge is 0.508 e. The van der Waals surface area contributed by atoms with Gasteiger partial charge in [-0.1, -0.05) is 0 Å². The first-order valence-electron chi connectivity index (χ1n) is 3.76. The molecule has 0 fully saturated rings. The van der Waals surface area contributed by atoms with Crippen molar-refractivity contribution in [2.24, 2.45) is 0 Å². The highest BCUT2D eigenvalue weighted by molar-refractivity contribution is 7.17. The molecule has 3 N–H and O–H groups in total. The average Bonchev–Trinajstić information content (AvgIpc) is 2.48. The summed E-state index contributed by atoms with van der Waals surface area (Å²) in [7, 11) is 0. The Kier molecular flexibility index (Phi) is 1.86. The van der Waals surface area contributed by atoms with Gasteiger partial charge in [-0.3, -0.25) is 0 Å². The molecule has 0 saturated heterocycles. The molecule has 2 aromatic rings. The maximum atomic E-state index is 9.38. The minimum Gasteiger partial charge on any atom is -0.508 e. The van der Waals surface area contributed by atoms with Crippen molar-refractivity contribution in [1.29, 1.82) is 0 Å². The van der Waals surface area contributed by atoms with Crippen LogP contribution >= 0.6 is 11.3 Å². The first kappa shape index (κ1) is 8.34. The molecule has 0 aliphatic carbocycles. The van der Waals surface area contributed by atoms with E-state index in [1.54, 1.807) is 11.4 Å². The van der Waals surface area contributed by atoms with Gasteiger partial charge in [0.25, 0.3) is 0 Å². The number of hydrogen-bond acceptors (Lipinski definition) is 4. The molecule has 4 heteroatoms. The molecule has 1 heterocycles. The van der Waals surface area contributed by atoms with Crippen LogP contribution in [0.15, 0.2) is 17.5 Å². The van der Waals surface area contributed by atoms with E-state index in [2.05, 4.69) is 0 Å². The van der Waals surface area contributed by atoms with Crippen LogP contribution in [0, 0.1) is 0 Å². The van der Waals surface area contributed by atoms with Gasteiger partial charge >= 0.3 is 0 Å². The molecule has 0 radical (unpaired) electrons. The third-order valence-corrected chi connectivity index (χ3v) is 3.00. The summed E-state index contributed by atoms with van der Waals surface area (Å²) in [5, 5.41) is 30.0. The van der Waals surface area contributed by atoms with Gasteiger partial charge in [-0.15, -0.1) is 11.3 Å². The summed E-state index contributed by atoms with van der Waals surface area (Å²) < 4.78 is 0.736. The van der Waals surface area contributed by atoms with Crippen LogP contribution in [-0.2, 0) is 6.61 Å². The number of aliphatic hydroxyl groups is 1. The summed E-state index contributed by atoms with van der Waals surface area (Å²) in [6.07, 6.45) is 0. The zero-order chi connectivity index (χ0) is 9.42. The average molecular weight is 196 g/mol. The van der Waals surface area contributed by atoms with Gasteiger partial charge in [0.05, 0.1) is 6.61 Å². The highest BCUT2D eigenvalue weighted by atomic mass is 32.1. The lowest BCUT2D eigenvalue weighted by Gasteiger charge is -2.01. The number of benzene rings is 1. The van der Waals surface area contributed by atoms with Crippen molar-refractivity contribution >= 4 is 21.4 Å². The maximum absolute atomic E-state index is 9.38. The minimum absolute atomic E-state index is 0.0665. The molecule has 0 unspecified atom stereocenters. The highest BCUT2D eigenvalue weighted by Crippen LogP contribution is 2.37. The molecule has 0 bridgehead atoms. The molecule has 1 aromatic carbocycles. The van der Waals surface area contributed by atoms with Gasteiger partial charge < -0.3 is 15.3 Å². The molecule has 13 heavy (non-hydrogen) atoms. The number of hydrogen-bond donors (Lipinski definition) is 3. The van der Waals surface area contributed by atoms with Crippen LogP contribution < -0.4 is 0 Å². The third-order valence-electron chi connectivity index (χ3n) is 1.96. The standard InChI is InChI=1S/C9H8O3S/c10-3-6-7(11)2-1-5-8(12)4-13-9(5)6/h1-2,4,10-12H,3H2. The zero-order valence-corrected chi connectivity index (χ0v) is 7.51. The monoisotopic (exact) mass is 196 g/mol. The molecule has 2 rings (SSSR count). The minimum atomic E-state index is -0.219. The second-order valence-electron chi connectivity index (χ2n) is 2.72. The summed E-state index contributed by atoms with van der Waals surface area (Å²) >= 11 is 1.31. The lowest BCUT2D eigenvalue weighted by atomic mass is 10.1. The Balaban J connectivity index is 2.85. The zero-order valence-electron chi connectivity index (χ0n) is 6.69. The smallest absolute Gasteiger partial charge is 0.134 e. The Morgan fingerprint density at radius 3 is 2.62 bits per heavy atom. The number of fused-ring (bicyclic) bond motifs is 1. The van der Waals surface area contributed by atoms with Gasteiger partial charge in [-0.2, -0.15) is 0 Å². The molecule has 0 spiro atoms. The Morgan fingerprint density at radius 1 is 1.15 bits per heavy atom. The van der Waals surface area contributed by atoms with Crippen molar-refractivity contribution in [3.05, 3.63) is 23.1 Å². The van der Waals surface area contributed by atoms with E-state index in [0.717, 1.165) is 4.70 Å². The van der Waals surface area contributed by atoms with Crippen molar-refractivity contribution in [1.82, 2.24) is 0 Å². The first-order chi connectivity index (χ1) is 6.24. The van der Waals surface area contributed by atoms with Crippen molar-refractivity contribution < 1.29 is 15.3 Å². The van der Waals surface area contributed by atoms with Gasteiger partial charge in [-0.25, -0.2) is 0 Å². The second-order valence-corrected chi connectivity index (χ2v) is 3.60. The molecule has 3 nitrogen and oxygen atoms in total. The van der Waals surface area contributed by atoms with E-state index in [4.69, 9.17) is 5.11 Å². The molecule has 0 atom stereocenters. The van der Waals surface area contributed by atoms with Crippen LogP contribution in [0.3, 0.4) is 0 Å². The quantitative estimate of drug-likeness (QED) is 0.651. The normalized spacial score (nSPS) is 10.8. The summed E-state index contributed by atoms with van der Waals surface area (Å²) in [6, 6.07) is 3.11. The maximum Gasteiger partial charge on any atom is 0.134 e. The molecule has 1 aromatic heterocycles. The predicted molar refractivity (Wildman–Crippen MR) is 51.1 cm³/mol. The van der Waals surface area contributed by atoms with Crippen LogP contribution in [0.5, 0.6) is 11.5 Å². The van der Waals surface area contributed by atoms with Gasteiger partial charge in [0, 0.05) is 21.0 Å². The number of aromatic hydroxyl groups is 2. The van der Waals surface area contributed by atoms with E-state index in [0.29, 0.717) is 10.9 Å². The SMILES string of the molecule is OCc1c(O)ccc2c(O)csc12. The van der Waals surface area contributed by atoms with Gasteiger partial charge in [0.15, 0.2) is 0 Å². The van der Waals surface area contributed by atoms with E-state index in [1.165, 1.54) is 17.4 Å². The Hall–Kier alpha value is -1.26. The second kappa shape index (κ2) is 2.90. The number of thiophene rings is 1. The molecule has 0 saturated carbocycles. The highest BCUT2D eigenvalue weighted by Gasteiger charge is 2.10. The van der Waals surface area contributed by atoms with Crippen molar-refractivity contribution in [3.63, 3.8) is 0 Å². The molecular formula is C9H8O3S. The summed E-state index contributed by atoms with van der Waals surface area (Å²) in [4.78, 5) is 0. The summed E-state index contributed by atoms with van der Waals surface area (Å²) in [5.41, 5.74) is 0.475. The Labute approximate surface area is 78.5 Å². The van der Waals surface area contributed by atoms with Crippen molar-refractivity contribution in [2.45, 2.75) is 6.61 Å². The third kappa shape index (κ3) is 1.15. The fraction of sp³-hybridized carbons (Fsp3) is 0.111. The first-order valence-corrected chi connectivity index (χ1v) is 4.64. The van der Waals surface area contributed by atoms with E-state index >= 15 is 0 Å². The Morgan fingerprint density at radius 2 is 1.92 bits per heavy atom. The number of phenols is 1. The molecule has 0 aliphatic rings. The lowest BCUT2D eigenvalue weighted by Crippen LogP contribution is -1.83. The molecular weight excluding hydrogens is 188 g/mol. The van der Waals surface area contributed by atoms with Gasteiger partial charge in [0.1, 0.15) is 11.5 Å². The molecule has 0 amide bonds. The van der Waals surface area contributed by atoms with E-state index < -0.39 is 0 Å². The topological polar surface area (TPSA) is 60.7 Å². The van der Waals surface area contributed by atoms with Gasteiger partial charge in [-0.05, 0) is 12.1 Å². The van der Waals surface area contributed by atoms with Crippen LogP contribution in [0.4, 0.5) is 0 Å². The molecule has 0 aliphatic heterocycles. The van der Waals surface area contributed by atoms with Crippen LogP contribution in [0.2, 0.25) is 0 Å². The van der Waals surface area contributed by atoms with Crippen molar-refractivity contribution in [3.8, 4) is 11.5 Å². The number of aliphatic hydroxyl groups excluding tert-OH is 1. The van der Waals surface area contributed by atoms with Crippen LogP contribution in [0.1, 0.15) is 5.56 Å². The van der Waals surface area contributed by atoms with Gasteiger partial charge in [0.2, 0.25) is 0 Å². The fourth-order valence-corrected chi connectivity index (χ4v) is 2.25. The van der Waals surface area contributed by atoms with Crippen LogP contribution in [0.25, 0.3) is 10.1 Å². The Bertz CT molecular complexity index is 447. The number of rotatable bonds is 1. The van der Waals surface area contributed by atoms with E-state index in [-0.39, 0.29) is 18.1 Å². The fourth-order valence-electron chi connectivity index (χ4n) is 1.28. The lowest BCUT2D eigenvalue weighted by molar-refractivity contribution is 0.277. The summed E-state index contributed by atoms with van der Waals surface area (Å²) in [5.74, 6) is 0.256.